The van der Waals surface area contributed by atoms with Crippen LogP contribution in [0.4, 0.5) is 11.4 Å². The first kappa shape index (κ1) is 17.4. The van der Waals surface area contributed by atoms with Crippen molar-refractivity contribution in [3.05, 3.63) is 53.9 Å². The van der Waals surface area contributed by atoms with E-state index in [9.17, 15) is 9.59 Å². The number of nitrogens with two attached hydrogens (primary N) is 1. The maximum atomic E-state index is 12.1. The highest BCUT2D eigenvalue weighted by molar-refractivity contribution is 6.04. The van der Waals surface area contributed by atoms with Gasteiger partial charge in [0.1, 0.15) is 5.69 Å². The number of para-hydroxylation sites is 2. The molecule has 7 nitrogen and oxygen atoms in total. The van der Waals surface area contributed by atoms with Gasteiger partial charge in [0.15, 0.2) is 0 Å². The highest BCUT2D eigenvalue weighted by atomic mass is 16.3. The molecule has 2 rings (SSSR count). The van der Waals surface area contributed by atoms with Gasteiger partial charge in [0.2, 0.25) is 0 Å². The molecule has 2 amide bonds. The third-order valence-corrected chi connectivity index (χ3v) is 3.34. The highest BCUT2D eigenvalue weighted by Gasteiger charge is 2.11. The van der Waals surface area contributed by atoms with Gasteiger partial charge in [-0.3, -0.25) is 14.6 Å². The van der Waals surface area contributed by atoms with Crippen LogP contribution in [0.5, 0.6) is 0 Å². The quantitative estimate of drug-likeness (QED) is 0.453. The molecule has 7 heteroatoms. The number of aliphatic hydroxyl groups is 1. The molecule has 0 bridgehead atoms. The van der Waals surface area contributed by atoms with Crippen LogP contribution in [0.25, 0.3) is 0 Å². The highest BCUT2D eigenvalue weighted by Crippen LogP contribution is 2.17. The first-order valence-electron chi connectivity index (χ1n) is 7.63. The number of anilines is 2. The van der Waals surface area contributed by atoms with E-state index in [1.54, 1.807) is 24.3 Å². The first-order valence-corrected chi connectivity index (χ1v) is 7.63. The largest absolute Gasteiger partial charge is 0.397 e. The Hall–Kier alpha value is -2.93. The van der Waals surface area contributed by atoms with Crippen molar-refractivity contribution in [3.63, 3.8) is 0 Å². The molecule has 0 saturated carbocycles. The number of aliphatic hydroxyl groups excluding tert-OH is 1. The molecule has 0 spiro atoms. The molecule has 1 heterocycles. The van der Waals surface area contributed by atoms with E-state index in [1.165, 1.54) is 18.3 Å². The lowest BCUT2D eigenvalue weighted by molar-refractivity contribution is 0.0949. The fourth-order valence-electron chi connectivity index (χ4n) is 2.00. The molecule has 0 saturated heterocycles. The Kier molecular flexibility index (Phi) is 6.27. The van der Waals surface area contributed by atoms with E-state index in [0.29, 0.717) is 36.3 Å². The number of amides is 2. The number of carbonyl (C=O) groups is 2. The van der Waals surface area contributed by atoms with Crippen LogP contribution < -0.4 is 16.4 Å². The molecule has 0 aliphatic rings. The Morgan fingerprint density at radius 1 is 1.08 bits per heavy atom. The molecule has 2 aromatic rings. The van der Waals surface area contributed by atoms with Crippen molar-refractivity contribution < 1.29 is 14.7 Å². The lowest BCUT2D eigenvalue weighted by Gasteiger charge is -2.08. The van der Waals surface area contributed by atoms with E-state index in [0.717, 1.165) is 0 Å². The summed E-state index contributed by atoms with van der Waals surface area (Å²) in [6, 6.07) is 9.95. The van der Waals surface area contributed by atoms with Crippen molar-refractivity contribution in [2.75, 3.05) is 24.2 Å². The zero-order chi connectivity index (χ0) is 17.4. The van der Waals surface area contributed by atoms with Gasteiger partial charge in [-0.05, 0) is 37.1 Å². The molecule has 24 heavy (non-hydrogen) atoms. The Morgan fingerprint density at radius 2 is 1.88 bits per heavy atom. The van der Waals surface area contributed by atoms with E-state index in [1.807, 2.05) is 0 Å². The predicted octanol–water partition coefficient (Wildman–Crippen LogP) is 1.42. The molecule has 0 fully saturated rings. The summed E-state index contributed by atoms with van der Waals surface area (Å²) in [5.41, 5.74) is 7.31. The average Bonchev–Trinajstić information content (AvgIpc) is 2.60. The Bertz CT molecular complexity index is 701. The number of carbonyl (C=O) groups excluding carboxylic acids is 2. The molecule has 5 N–H and O–H groups in total. The molecule has 1 aromatic heterocycles. The van der Waals surface area contributed by atoms with Gasteiger partial charge in [0, 0.05) is 19.3 Å². The van der Waals surface area contributed by atoms with Crippen molar-refractivity contribution in [2.45, 2.75) is 12.8 Å². The average molecular weight is 328 g/mol. The minimum atomic E-state index is -0.400. The molecule has 0 unspecified atom stereocenters. The minimum Gasteiger partial charge on any atom is -0.397 e. The zero-order valence-corrected chi connectivity index (χ0v) is 13.2. The van der Waals surface area contributed by atoms with Gasteiger partial charge in [-0.1, -0.05) is 12.1 Å². The second kappa shape index (κ2) is 8.64. The SMILES string of the molecule is Nc1ccccc1NC(=O)c1ccc(C(=O)NCCCCO)cn1. The Morgan fingerprint density at radius 3 is 2.54 bits per heavy atom. The van der Waals surface area contributed by atoms with E-state index < -0.39 is 5.91 Å². The number of nitrogen functional groups attached to an aromatic ring is 1. The number of hydrogen-bond acceptors (Lipinski definition) is 5. The summed E-state index contributed by atoms with van der Waals surface area (Å²) in [6.45, 7) is 0.585. The van der Waals surface area contributed by atoms with Crippen molar-refractivity contribution in [1.29, 1.82) is 0 Å². The summed E-state index contributed by atoms with van der Waals surface area (Å²) in [4.78, 5) is 28.0. The second-order valence-corrected chi connectivity index (χ2v) is 5.16. The van der Waals surface area contributed by atoms with Crippen LogP contribution in [0.1, 0.15) is 33.7 Å². The van der Waals surface area contributed by atoms with Crippen LogP contribution in [0, 0.1) is 0 Å². The van der Waals surface area contributed by atoms with Gasteiger partial charge in [-0.25, -0.2) is 0 Å². The predicted molar refractivity (Wildman–Crippen MR) is 91.7 cm³/mol. The van der Waals surface area contributed by atoms with Crippen molar-refractivity contribution >= 4 is 23.2 Å². The van der Waals surface area contributed by atoms with Crippen LogP contribution in [0.2, 0.25) is 0 Å². The summed E-state index contributed by atoms with van der Waals surface area (Å²) < 4.78 is 0. The number of hydrogen-bond donors (Lipinski definition) is 4. The van der Waals surface area contributed by atoms with Gasteiger partial charge < -0.3 is 21.5 Å². The fraction of sp³-hybridized carbons (Fsp3) is 0.235. The lowest BCUT2D eigenvalue weighted by Crippen LogP contribution is -2.25. The van der Waals surface area contributed by atoms with E-state index in [2.05, 4.69) is 15.6 Å². The number of rotatable bonds is 7. The molecule has 0 aliphatic carbocycles. The summed E-state index contributed by atoms with van der Waals surface area (Å²) >= 11 is 0. The summed E-state index contributed by atoms with van der Waals surface area (Å²) in [7, 11) is 0. The molecule has 0 radical (unpaired) electrons. The molecular weight excluding hydrogens is 308 g/mol. The van der Waals surface area contributed by atoms with Gasteiger partial charge in [0.05, 0.1) is 16.9 Å². The van der Waals surface area contributed by atoms with Crippen LogP contribution in [0.3, 0.4) is 0 Å². The van der Waals surface area contributed by atoms with E-state index in [-0.39, 0.29) is 18.2 Å². The third-order valence-electron chi connectivity index (χ3n) is 3.34. The van der Waals surface area contributed by atoms with Gasteiger partial charge in [-0.2, -0.15) is 0 Å². The minimum absolute atomic E-state index is 0.104. The summed E-state index contributed by atoms with van der Waals surface area (Å²) in [6.07, 6.45) is 2.69. The maximum Gasteiger partial charge on any atom is 0.274 e. The van der Waals surface area contributed by atoms with Gasteiger partial charge in [-0.15, -0.1) is 0 Å². The molecule has 0 aliphatic heterocycles. The van der Waals surface area contributed by atoms with Crippen molar-refractivity contribution in [3.8, 4) is 0 Å². The third kappa shape index (κ3) is 4.79. The smallest absolute Gasteiger partial charge is 0.274 e. The molecule has 0 atom stereocenters. The molecular formula is C17H20N4O3. The van der Waals surface area contributed by atoms with Crippen LogP contribution in [-0.2, 0) is 0 Å². The van der Waals surface area contributed by atoms with E-state index in [4.69, 9.17) is 10.8 Å². The number of pyridine rings is 1. The van der Waals surface area contributed by atoms with Crippen LogP contribution >= 0.6 is 0 Å². The Labute approximate surface area is 139 Å². The standard InChI is InChI=1S/C17H20N4O3/c18-13-5-1-2-6-14(13)21-17(24)15-8-7-12(11-20-15)16(23)19-9-3-4-10-22/h1-2,5-8,11,22H,3-4,9-10,18H2,(H,19,23)(H,21,24). The van der Waals surface area contributed by atoms with Crippen LogP contribution in [-0.4, -0.2) is 35.1 Å². The second-order valence-electron chi connectivity index (χ2n) is 5.16. The van der Waals surface area contributed by atoms with Crippen molar-refractivity contribution in [1.82, 2.24) is 10.3 Å². The number of aromatic nitrogens is 1. The topological polar surface area (TPSA) is 117 Å². The van der Waals surface area contributed by atoms with Crippen LogP contribution in [0.15, 0.2) is 42.6 Å². The lowest BCUT2D eigenvalue weighted by atomic mass is 10.2. The molecule has 1 aromatic carbocycles. The molecule has 126 valence electrons. The number of benzene rings is 1. The van der Waals surface area contributed by atoms with E-state index >= 15 is 0 Å². The fourth-order valence-corrected chi connectivity index (χ4v) is 2.00. The number of unbranched alkanes of at least 4 members (excludes halogenated alkanes) is 1. The first-order chi connectivity index (χ1) is 11.6. The monoisotopic (exact) mass is 328 g/mol. The van der Waals surface area contributed by atoms with Crippen molar-refractivity contribution in [2.24, 2.45) is 0 Å². The normalized spacial score (nSPS) is 10.2. The van der Waals surface area contributed by atoms with Gasteiger partial charge >= 0.3 is 0 Å². The van der Waals surface area contributed by atoms with Gasteiger partial charge in [0.25, 0.3) is 11.8 Å². The number of nitrogens with one attached hydrogen (secondary N) is 2. The number of nitrogens with zero attached hydrogens (tertiary/aromatic N) is 1. The summed E-state index contributed by atoms with van der Waals surface area (Å²) in [5.74, 6) is -0.664. The summed E-state index contributed by atoms with van der Waals surface area (Å²) in [5, 5.41) is 14.1. The maximum absolute atomic E-state index is 12.1. The Balaban J connectivity index is 1.95. The zero-order valence-electron chi connectivity index (χ0n) is 13.2.